The van der Waals surface area contributed by atoms with Crippen molar-refractivity contribution in [3.63, 3.8) is 0 Å². The molecule has 0 aliphatic rings. The van der Waals surface area contributed by atoms with Gasteiger partial charge in [-0.2, -0.15) is 0 Å². The van der Waals surface area contributed by atoms with Gasteiger partial charge in [0, 0.05) is 5.69 Å². The van der Waals surface area contributed by atoms with Crippen molar-refractivity contribution in [2.45, 2.75) is 11.8 Å². The Balaban J connectivity index is 1.80. The molecule has 5 nitrogen and oxygen atoms in total. The molecule has 0 bridgehead atoms. The number of carbonyl (C=O) groups is 1. The molecule has 0 fully saturated rings. The Bertz CT molecular complexity index is 1080. The Morgan fingerprint density at radius 2 is 1.59 bits per heavy atom. The summed E-state index contributed by atoms with van der Waals surface area (Å²) in [5, 5.41) is 2.95. The highest BCUT2D eigenvalue weighted by atomic mass is 35.5. The van der Waals surface area contributed by atoms with Crippen molar-refractivity contribution in [1.82, 2.24) is 0 Å². The molecule has 3 rings (SSSR count). The van der Waals surface area contributed by atoms with Crippen molar-refractivity contribution in [3.05, 3.63) is 88.9 Å². The minimum atomic E-state index is -3.73. The number of benzene rings is 3. The van der Waals surface area contributed by atoms with Gasteiger partial charge in [0.2, 0.25) is 0 Å². The summed E-state index contributed by atoms with van der Waals surface area (Å²) in [5.41, 5.74) is 2.14. The molecule has 1 amide bonds. The monoisotopic (exact) mass is 400 g/mol. The van der Waals surface area contributed by atoms with Crippen LogP contribution in [0.3, 0.4) is 0 Å². The molecular weight excluding hydrogens is 384 g/mol. The highest BCUT2D eigenvalue weighted by molar-refractivity contribution is 7.92. The van der Waals surface area contributed by atoms with Gasteiger partial charge in [-0.1, -0.05) is 48.0 Å². The highest BCUT2D eigenvalue weighted by Crippen LogP contribution is 2.25. The number of rotatable bonds is 5. The second kappa shape index (κ2) is 7.82. The number of aryl methyl sites for hydroxylation is 1. The molecule has 27 heavy (non-hydrogen) atoms. The summed E-state index contributed by atoms with van der Waals surface area (Å²) in [5.74, 6) is -0.369. The van der Waals surface area contributed by atoms with Crippen molar-refractivity contribution in [1.29, 1.82) is 0 Å². The molecule has 0 saturated heterocycles. The molecule has 3 aromatic rings. The van der Waals surface area contributed by atoms with Crippen molar-refractivity contribution in [3.8, 4) is 0 Å². The first kappa shape index (κ1) is 18.9. The zero-order valence-electron chi connectivity index (χ0n) is 14.4. The van der Waals surface area contributed by atoms with Gasteiger partial charge in [0.25, 0.3) is 15.9 Å². The van der Waals surface area contributed by atoms with Gasteiger partial charge in [0.15, 0.2) is 0 Å². The van der Waals surface area contributed by atoms with E-state index in [1.807, 2.05) is 25.1 Å². The number of hydrogen-bond acceptors (Lipinski definition) is 3. The average molecular weight is 401 g/mol. The maximum absolute atomic E-state index is 12.5. The Morgan fingerprint density at radius 3 is 2.26 bits per heavy atom. The van der Waals surface area contributed by atoms with Crippen LogP contribution < -0.4 is 10.0 Å². The first-order valence-corrected chi connectivity index (χ1v) is 9.97. The topological polar surface area (TPSA) is 75.3 Å². The Labute approximate surface area is 163 Å². The lowest BCUT2D eigenvalue weighted by Crippen LogP contribution is -2.15. The van der Waals surface area contributed by atoms with Gasteiger partial charge in [0.1, 0.15) is 0 Å². The second-order valence-electron chi connectivity index (χ2n) is 5.88. The molecule has 0 aliphatic heterocycles. The lowest BCUT2D eigenvalue weighted by Gasteiger charge is -2.12. The fourth-order valence-corrected chi connectivity index (χ4v) is 3.82. The van der Waals surface area contributed by atoms with Crippen LogP contribution in [0.4, 0.5) is 11.4 Å². The number of anilines is 2. The molecule has 0 atom stereocenters. The quantitative estimate of drug-likeness (QED) is 0.651. The molecule has 0 spiro atoms. The van der Waals surface area contributed by atoms with E-state index < -0.39 is 10.0 Å². The molecule has 0 saturated carbocycles. The number of halogens is 1. The number of hydrogen-bond donors (Lipinski definition) is 2. The van der Waals surface area contributed by atoms with Crippen LogP contribution in [0.5, 0.6) is 0 Å². The number of nitrogens with one attached hydrogen (secondary N) is 2. The predicted octanol–water partition coefficient (Wildman–Crippen LogP) is 4.70. The minimum Gasteiger partial charge on any atom is -0.322 e. The van der Waals surface area contributed by atoms with Gasteiger partial charge in [0.05, 0.1) is 21.2 Å². The summed E-state index contributed by atoms with van der Waals surface area (Å²) in [7, 11) is -3.73. The number of para-hydroxylation sites is 1. The van der Waals surface area contributed by atoms with Gasteiger partial charge in [-0.15, -0.1) is 0 Å². The second-order valence-corrected chi connectivity index (χ2v) is 7.97. The molecule has 0 aliphatic carbocycles. The van der Waals surface area contributed by atoms with E-state index in [2.05, 4.69) is 10.0 Å². The third kappa shape index (κ3) is 4.48. The molecule has 0 heterocycles. The van der Waals surface area contributed by atoms with Gasteiger partial charge < -0.3 is 5.32 Å². The lowest BCUT2D eigenvalue weighted by molar-refractivity contribution is 0.102. The summed E-state index contributed by atoms with van der Waals surface area (Å²) in [6.45, 7) is 1.89. The maximum atomic E-state index is 12.5. The Hall–Kier alpha value is -2.83. The van der Waals surface area contributed by atoms with Crippen molar-refractivity contribution in [2.75, 3.05) is 10.0 Å². The van der Waals surface area contributed by atoms with E-state index in [0.29, 0.717) is 5.69 Å². The van der Waals surface area contributed by atoms with Crippen LogP contribution in [0, 0.1) is 6.92 Å². The van der Waals surface area contributed by atoms with E-state index in [0.717, 1.165) is 5.56 Å². The third-order valence-electron chi connectivity index (χ3n) is 3.91. The smallest absolute Gasteiger partial charge is 0.261 e. The largest absolute Gasteiger partial charge is 0.322 e. The normalized spacial score (nSPS) is 11.0. The summed E-state index contributed by atoms with van der Waals surface area (Å²) < 4.78 is 27.2. The van der Waals surface area contributed by atoms with Gasteiger partial charge in [-0.05, 0) is 48.9 Å². The molecule has 3 aromatic carbocycles. The molecule has 2 N–H and O–H groups in total. The molecule has 0 aromatic heterocycles. The van der Waals surface area contributed by atoms with Gasteiger partial charge in [-0.3, -0.25) is 9.52 Å². The molecule has 7 heteroatoms. The number of carbonyl (C=O) groups excluding carboxylic acids is 1. The average Bonchev–Trinajstić information content (AvgIpc) is 2.64. The SMILES string of the molecule is Cc1ccccc1NC(=O)c1ccc(NS(=O)(=O)c2ccccc2)cc1Cl. The lowest BCUT2D eigenvalue weighted by atomic mass is 10.1. The summed E-state index contributed by atoms with van der Waals surface area (Å²) in [6, 6.07) is 19.8. The summed E-state index contributed by atoms with van der Waals surface area (Å²) >= 11 is 6.21. The maximum Gasteiger partial charge on any atom is 0.261 e. The van der Waals surface area contributed by atoms with Crippen LogP contribution in [-0.4, -0.2) is 14.3 Å². The van der Waals surface area contributed by atoms with Crippen molar-refractivity contribution >= 4 is 38.9 Å². The standard InChI is InChI=1S/C20H17ClN2O3S/c1-14-7-5-6-10-19(14)22-20(24)17-12-11-15(13-18(17)21)23-27(25,26)16-8-3-2-4-9-16/h2-13,23H,1H3,(H,22,24). The first-order chi connectivity index (χ1) is 12.9. The van der Waals surface area contributed by atoms with E-state index in [4.69, 9.17) is 11.6 Å². The van der Waals surface area contributed by atoms with Crippen LogP contribution in [0.25, 0.3) is 0 Å². The fourth-order valence-electron chi connectivity index (χ4n) is 2.48. The fraction of sp³-hybridized carbons (Fsp3) is 0.0500. The molecule has 0 radical (unpaired) electrons. The van der Waals surface area contributed by atoms with Crippen LogP contribution in [0.1, 0.15) is 15.9 Å². The van der Waals surface area contributed by atoms with E-state index in [-0.39, 0.29) is 27.1 Å². The van der Waals surface area contributed by atoms with Crippen LogP contribution in [0.2, 0.25) is 5.02 Å². The van der Waals surface area contributed by atoms with E-state index in [1.54, 1.807) is 24.3 Å². The molecule has 0 unspecified atom stereocenters. The molecular formula is C20H17ClN2O3S. The molecule has 138 valence electrons. The Kier molecular flexibility index (Phi) is 5.48. The zero-order valence-corrected chi connectivity index (χ0v) is 16.0. The van der Waals surface area contributed by atoms with Crippen LogP contribution in [-0.2, 0) is 10.0 Å². The van der Waals surface area contributed by atoms with E-state index in [1.165, 1.54) is 30.3 Å². The number of amides is 1. The van der Waals surface area contributed by atoms with Crippen molar-refractivity contribution in [2.24, 2.45) is 0 Å². The summed E-state index contributed by atoms with van der Waals surface area (Å²) in [4.78, 5) is 12.6. The van der Waals surface area contributed by atoms with Crippen molar-refractivity contribution < 1.29 is 13.2 Å². The summed E-state index contributed by atoms with van der Waals surface area (Å²) in [6.07, 6.45) is 0. The van der Waals surface area contributed by atoms with E-state index in [9.17, 15) is 13.2 Å². The van der Waals surface area contributed by atoms with Gasteiger partial charge in [-0.25, -0.2) is 8.42 Å². The number of sulfonamides is 1. The van der Waals surface area contributed by atoms with Gasteiger partial charge >= 0.3 is 0 Å². The minimum absolute atomic E-state index is 0.141. The first-order valence-electron chi connectivity index (χ1n) is 8.11. The Morgan fingerprint density at radius 1 is 0.926 bits per heavy atom. The highest BCUT2D eigenvalue weighted by Gasteiger charge is 2.16. The van der Waals surface area contributed by atoms with Crippen LogP contribution in [0.15, 0.2) is 77.7 Å². The zero-order chi connectivity index (χ0) is 19.4. The van der Waals surface area contributed by atoms with E-state index >= 15 is 0 Å². The predicted molar refractivity (Wildman–Crippen MR) is 108 cm³/mol. The van der Waals surface area contributed by atoms with Crippen LogP contribution >= 0.6 is 11.6 Å². The third-order valence-corrected chi connectivity index (χ3v) is 5.62.